The Labute approximate surface area is 90.8 Å². The zero-order chi connectivity index (χ0) is 11.6. The lowest BCUT2D eigenvalue weighted by Gasteiger charge is -2.12. The van der Waals surface area contributed by atoms with Gasteiger partial charge in [-0.05, 0) is 25.5 Å². The van der Waals surface area contributed by atoms with Crippen molar-refractivity contribution >= 4 is 17.4 Å². The van der Waals surface area contributed by atoms with Gasteiger partial charge in [0, 0.05) is 0 Å². The van der Waals surface area contributed by atoms with Gasteiger partial charge in [0.25, 0.3) is 0 Å². The number of carbonyl (C=O) groups is 1. The minimum absolute atomic E-state index is 0.00281. The number of Topliss-reactive ketones (excluding diaryl/α,β-unsaturated/α-hetero) is 1. The molecule has 0 saturated carbocycles. The predicted molar refractivity (Wildman–Crippen MR) is 52.8 cm³/mol. The third kappa shape index (κ3) is 2.65. The fourth-order valence-electron chi connectivity index (χ4n) is 1.23. The van der Waals surface area contributed by atoms with E-state index < -0.39 is 12.4 Å². The number of rotatable bonds is 3. The minimum atomic E-state index is -2.97. The van der Waals surface area contributed by atoms with Crippen molar-refractivity contribution in [1.82, 2.24) is 0 Å². The second-order valence-electron chi connectivity index (χ2n) is 3.00. The van der Waals surface area contributed by atoms with Gasteiger partial charge in [-0.1, -0.05) is 17.7 Å². The average molecular weight is 235 g/mol. The minimum Gasteiger partial charge on any atom is -0.434 e. The van der Waals surface area contributed by atoms with Gasteiger partial charge in [-0.25, -0.2) is 0 Å². The summed E-state index contributed by atoms with van der Waals surface area (Å²) in [7, 11) is 0. The van der Waals surface area contributed by atoms with Crippen LogP contribution >= 0.6 is 11.6 Å². The molecule has 0 unspecified atom stereocenters. The fourth-order valence-corrected chi connectivity index (χ4v) is 1.51. The van der Waals surface area contributed by atoms with Crippen LogP contribution in [0, 0.1) is 6.92 Å². The molecule has 0 amide bonds. The molecule has 1 aromatic carbocycles. The number of aryl methyl sites for hydroxylation is 1. The van der Waals surface area contributed by atoms with E-state index in [1.54, 1.807) is 6.92 Å². The third-order valence-corrected chi connectivity index (χ3v) is 2.18. The number of hydrogen-bond donors (Lipinski definition) is 0. The topological polar surface area (TPSA) is 26.3 Å². The van der Waals surface area contributed by atoms with Crippen LogP contribution in [-0.2, 0) is 0 Å². The van der Waals surface area contributed by atoms with Crippen LogP contribution in [0.3, 0.4) is 0 Å². The van der Waals surface area contributed by atoms with Gasteiger partial charge in [0.2, 0.25) is 0 Å². The zero-order valence-electron chi connectivity index (χ0n) is 8.18. The first-order valence-corrected chi connectivity index (χ1v) is 4.56. The highest BCUT2D eigenvalue weighted by Gasteiger charge is 2.18. The van der Waals surface area contributed by atoms with Crippen LogP contribution in [0.2, 0.25) is 5.02 Å². The highest BCUT2D eigenvalue weighted by molar-refractivity contribution is 6.34. The summed E-state index contributed by atoms with van der Waals surface area (Å²) in [6, 6.07) is 3.00. The molecule has 0 aliphatic heterocycles. The molecule has 0 N–H and O–H groups in total. The van der Waals surface area contributed by atoms with Crippen molar-refractivity contribution in [2.75, 3.05) is 0 Å². The second kappa shape index (κ2) is 4.57. The van der Waals surface area contributed by atoms with Crippen molar-refractivity contribution in [3.05, 3.63) is 28.3 Å². The summed E-state index contributed by atoms with van der Waals surface area (Å²) in [5.41, 5.74) is 0.446. The number of ether oxygens (including phenoxy) is 1. The molecule has 0 spiro atoms. The Morgan fingerprint density at radius 3 is 2.53 bits per heavy atom. The first-order chi connectivity index (χ1) is 6.93. The summed E-state index contributed by atoms with van der Waals surface area (Å²) in [6.07, 6.45) is 0. The van der Waals surface area contributed by atoms with Crippen molar-refractivity contribution < 1.29 is 18.3 Å². The van der Waals surface area contributed by atoms with E-state index in [9.17, 15) is 13.6 Å². The summed E-state index contributed by atoms with van der Waals surface area (Å²) in [4.78, 5) is 11.2. The SMILES string of the molecule is CC(=O)c1c(Cl)ccc(C)c1OC(F)F. The molecule has 1 rings (SSSR count). The number of halogens is 3. The standard InChI is InChI=1S/C10H9ClF2O2/c1-5-3-4-7(11)8(6(2)14)9(5)15-10(12)13/h3-4,10H,1-2H3. The monoisotopic (exact) mass is 234 g/mol. The number of ketones is 1. The van der Waals surface area contributed by atoms with Crippen LogP contribution in [0.5, 0.6) is 5.75 Å². The molecule has 0 aromatic heterocycles. The highest BCUT2D eigenvalue weighted by Crippen LogP contribution is 2.31. The van der Waals surface area contributed by atoms with Crippen LogP contribution in [0.15, 0.2) is 12.1 Å². The maximum atomic E-state index is 12.1. The quantitative estimate of drug-likeness (QED) is 0.749. The molecule has 2 nitrogen and oxygen atoms in total. The normalized spacial score (nSPS) is 10.5. The molecule has 0 saturated heterocycles. The Kier molecular flexibility index (Phi) is 3.63. The molecule has 15 heavy (non-hydrogen) atoms. The van der Waals surface area contributed by atoms with Crippen molar-refractivity contribution in [2.45, 2.75) is 20.5 Å². The van der Waals surface area contributed by atoms with Gasteiger partial charge in [-0.15, -0.1) is 0 Å². The lowest BCUT2D eigenvalue weighted by atomic mass is 10.1. The van der Waals surface area contributed by atoms with E-state index in [0.29, 0.717) is 5.56 Å². The van der Waals surface area contributed by atoms with E-state index in [1.807, 2.05) is 0 Å². The molecule has 0 heterocycles. The van der Waals surface area contributed by atoms with E-state index in [1.165, 1.54) is 19.1 Å². The number of benzene rings is 1. The van der Waals surface area contributed by atoms with E-state index in [2.05, 4.69) is 4.74 Å². The van der Waals surface area contributed by atoms with Crippen molar-refractivity contribution in [3.8, 4) is 5.75 Å². The molecule has 0 atom stereocenters. The lowest BCUT2D eigenvalue weighted by molar-refractivity contribution is -0.0505. The molecule has 0 fully saturated rings. The zero-order valence-corrected chi connectivity index (χ0v) is 8.94. The molecular weight excluding hydrogens is 226 g/mol. The van der Waals surface area contributed by atoms with Crippen LogP contribution in [-0.4, -0.2) is 12.4 Å². The first-order valence-electron chi connectivity index (χ1n) is 4.18. The van der Waals surface area contributed by atoms with Crippen molar-refractivity contribution in [1.29, 1.82) is 0 Å². The van der Waals surface area contributed by atoms with Gasteiger partial charge >= 0.3 is 6.61 Å². The Morgan fingerprint density at radius 2 is 2.07 bits per heavy atom. The molecule has 0 aliphatic rings. The van der Waals surface area contributed by atoms with Crippen LogP contribution in [0.1, 0.15) is 22.8 Å². The van der Waals surface area contributed by atoms with Crippen LogP contribution in [0.25, 0.3) is 0 Å². The van der Waals surface area contributed by atoms with Gasteiger partial charge in [0.05, 0.1) is 10.6 Å². The summed E-state index contributed by atoms with van der Waals surface area (Å²) in [5, 5.41) is 0.115. The molecule has 82 valence electrons. The number of alkyl halides is 2. The lowest BCUT2D eigenvalue weighted by Crippen LogP contribution is -2.08. The smallest absolute Gasteiger partial charge is 0.387 e. The Hall–Kier alpha value is -1.16. The largest absolute Gasteiger partial charge is 0.434 e. The van der Waals surface area contributed by atoms with E-state index >= 15 is 0 Å². The van der Waals surface area contributed by atoms with Gasteiger partial charge < -0.3 is 4.74 Å². The van der Waals surface area contributed by atoms with Gasteiger partial charge in [0.15, 0.2) is 5.78 Å². The summed E-state index contributed by atoms with van der Waals surface area (Å²) < 4.78 is 28.5. The summed E-state index contributed by atoms with van der Waals surface area (Å²) >= 11 is 5.73. The van der Waals surface area contributed by atoms with Crippen molar-refractivity contribution in [2.24, 2.45) is 0 Å². The van der Waals surface area contributed by atoms with Crippen molar-refractivity contribution in [3.63, 3.8) is 0 Å². The van der Waals surface area contributed by atoms with Gasteiger partial charge in [-0.3, -0.25) is 4.79 Å². The second-order valence-corrected chi connectivity index (χ2v) is 3.41. The molecule has 0 radical (unpaired) electrons. The van der Waals surface area contributed by atoms with E-state index in [4.69, 9.17) is 11.6 Å². The predicted octanol–water partition coefficient (Wildman–Crippen LogP) is 3.45. The van der Waals surface area contributed by atoms with Gasteiger partial charge in [0.1, 0.15) is 5.75 Å². The Morgan fingerprint density at radius 1 is 1.47 bits per heavy atom. The molecule has 0 bridgehead atoms. The molecular formula is C10H9ClF2O2. The summed E-state index contributed by atoms with van der Waals surface area (Å²) in [6.45, 7) is -0.153. The maximum absolute atomic E-state index is 12.1. The maximum Gasteiger partial charge on any atom is 0.387 e. The molecule has 0 aliphatic carbocycles. The molecule has 5 heteroatoms. The number of carbonyl (C=O) groups excluding carboxylic acids is 1. The van der Waals surface area contributed by atoms with E-state index in [0.717, 1.165) is 0 Å². The molecule has 1 aromatic rings. The summed E-state index contributed by atoms with van der Waals surface area (Å²) in [5.74, 6) is -0.552. The van der Waals surface area contributed by atoms with Gasteiger partial charge in [-0.2, -0.15) is 8.78 Å². The Balaban J connectivity index is 3.31. The van der Waals surface area contributed by atoms with E-state index in [-0.39, 0.29) is 16.3 Å². The van der Waals surface area contributed by atoms with Crippen LogP contribution < -0.4 is 4.74 Å². The number of hydrogen-bond acceptors (Lipinski definition) is 2. The fraction of sp³-hybridized carbons (Fsp3) is 0.300. The Bertz CT molecular complexity index is 391. The first kappa shape index (κ1) is 11.9. The van der Waals surface area contributed by atoms with Crippen LogP contribution in [0.4, 0.5) is 8.78 Å². The third-order valence-electron chi connectivity index (χ3n) is 1.86. The highest BCUT2D eigenvalue weighted by atomic mass is 35.5. The average Bonchev–Trinajstić information content (AvgIpc) is 2.10.